The Morgan fingerprint density at radius 2 is 2.03 bits per heavy atom. The Morgan fingerprint density at radius 3 is 2.73 bits per heavy atom. The summed E-state index contributed by atoms with van der Waals surface area (Å²) < 4.78 is 21.6. The number of carbonyl (C=O) groups is 2. The molecule has 0 aliphatic carbocycles. The molecule has 0 saturated carbocycles. The highest BCUT2D eigenvalue weighted by molar-refractivity contribution is 7.17. The maximum Gasteiger partial charge on any atom is 0.413 e. The van der Waals surface area contributed by atoms with E-state index >= 15 is 0 Å². The first-order valence-corrected chi connectivity index (χ1v) is 10.1. The molecule has 4 rings (SSSR count). The van der Waals surface area contributed by atoms with E-state index in [9.17, 15) is 18.8 Å². The zero-order valence-electron chi connectivity index (χ0n) is 15.4. The van der Waals surface area contributed by atoms with Gasteiger partial charge in [0.15, 0.2) is 5.06 Å². The number of hydrogen-bond acceptors (Lipinski definition) is 5. The van der Waals surface area contributed by atoms with E-state index in [2.05, 4.69) is 5.32 Å². The van der Waals surface area contributed by atoms with E-state index in [1.54, 1.807) is 30.3 Å². The fourth-order valence-electron chi connectivity index (χ4n) is 3.18. The van der Waals surface area contributed by atoms with Gasteiger partial charge in [-0.1, -0.05) is 29.0 Å². The number of amides is 2. The largest absolute Gasteiger partial charge is 0.413 e. The van der Waals surface area contributed by atoms with Crippen LogP contribution < -0.4 is 20.5 Å². The monoisotopic (exact) mass is 447 g/mol. The summed E-state index contributed by atoms with van der Waals surface area (Å²) in [5.41, 5.74) is 0.133. The summed E-state index contributed by atoms with van der Waals surface area (Å²) in [6, 6.07) is 11.5. The van der Waals surface area contributed by atoms with Crippen molar-refractivity contribution in [3.8, 4) is 10.8 Å². The second-order valence-electron chi connectivity index (χ2n) is 6.54. The molecule has 1 atom stereocenters. The normalized spacial score (nSPS) is 16.0. The van der Waals surface area contributed by atoms with Crippen LogP contribution in [0.15, 0.2) is 59.5 Å². The predicted molar refractivity (Wildman–Crippen MR) is 111 cm³/mol. The lowest BCUT2D eigenvalue weighted by Gasteiger charge is -2.18. The summed E-state index contributed by atoms with van der Waals surface area (Å²) in [5, 5.41) is 2.93. The zero-order valence-corrected chi connectivity index (χ0v) is 17.0. The zero-order chi connectivity index (χ0) is 21.3. The summed E-state index contributed by atoms with van der Waals surface area (Å²) in [4.78, 5) is 37.6. The molecule has 1 aliphatic heterocycles. The molecule has 1 aliphatic rings. The van der Waals surface area contributed by atoms with Gasteiger partial charge < -0.3 is 15.0 Å². The van der Waals surface area contributed by atoms with Crippen molar-refractivity contribution < 1.29 is 18.7 Å². The number of pyridine rings is 1. The molecule has 0 spiro atoms. The van der Waals surface area contributed by atoms with E-state index in [-0.39, 0.29) is 30.1 Å². The Hall–Kier alpha value is -3.17. The van der Waals surface area contributed by atoms with E-state index in [1.807, 2.05) is 0 Å². The predicted octanol–water partition coefficient (Wildman–Crippen LogP) is 3.59. The lowest BCUT2D eigenvalue weighted by atomic mass is 10.2. The molecular weight excluding hydrogens is 433 g/mol. The topological polar surface area (TPSA) is 80.6 Å². The van der Waals surface area contributed by atoms with Gasteiger partial charge in [-0.25, -0.2) is 9.18 Å². The van der Waals surface area contributed by atoms with Gasteiger partial charge in [-0.05, 0) is 30.3 Å². The van der Waals surface area contributed by atoms with Gasteiger partial charge in [0.25, 0.3) is 5.56 Å². The highest BCUT2D eigenvalue weighted by atomic mass is 35.5. The van der Waals surface area contributed by atoms with Crippen LogP contribution in [0.1, 0.15) is 6.42 Å². The molecule has 1 aromatic carbocycles. The quantitative estimate of drug-likeness (QED) is 0.662. The van der Waals surface area contributed by atoms with Gasteiger partial charge in [-0.2, -0.15) is 0 Å². The third-order valence-electron chi connectivity index (χ3n) is 4.51. The van der Waals surface area contributed by atoms with Crippen molar-refractivity contribution in [2.75, 3.05) is 11.4 Å². The number of thiophene rings is 1. The molecule has 0 bridgehead atoms. The van der Waals surface area contributed by atoms with E-state index in [0.29, 0.717) is 15.1 Å². The highest BCUT2D eigenvalue weighted by Gasteiger charge is 2.33. The number of nitrogens with zero attached hydrogens (tertiary/aromatic N) is 2. The number of aromatic nitrogens is 1. The first kappa shape index (κ1) is 20.1. The second-order valence-corrected chi connectivity index (χ2v) is 8.22. The first-order valence-electron chi connectivity index (χ1n) is 8.92. The summed E-state index contributed by atoms with van der Waals surface area (Å²) in [5.74, 6) is -0.976. The van der Waals surface area contributed by atoms with Gasteiger partial charge >= 0.3 is 6.09 Å². The lowest BCUT2D eigenvalue weighted by molar-refractivity contribution is -0.117. The average Bonchev–Trinajstić information content (AvgIpc) is 3.27. The smallest absolute Gasteiger partial charge is 0.399 e. The molecule has 2 aromatic heterocycles. The van der Waals surface area contributed by atoms with E-state index in [1.165, 1.54) is 33.9 Å². The number of carbonyl (C=O) groups excluding carboxylic acids is 2. The van der Waals surface area contributed by atoms with Crippen molar-refractivity contribution in [2.45, 2.75) is 12.5 Å². The van der Waals surface area contributed by atoms with Gasteiger partial charge in [-0.15, -0.1) is 0 Å². The molecule has 1 fully saturated rings. The maximum atomic E-state index is 14.7. The minimum atomic E-state index is -0.715. The Morgan fingerprint density at radius 1 is 1.20 bits per heavy atom. The van der Waals surface area contributed by atoms with E-state index in [0.717, 1.165) is 11.3 Å². The maximum absolute atomic E-state index is 14.7. The van der Waals surface area contributed by atoms with Crippen molar-refractivity contribution in [3.63, 3.8) is 0 Å². The molecule has 1 N–H and O–H groups in total. The van der Waals surface area contributed by atoms with Crippen LogP contribution in [0, 0.1) is 5.82 Å². The van der Waals surface area contributed by atoms with Crippen molar-refractivity contribution in [3.05, 3.63) is 75.2 Å². The molecule has 1 saturated heterocycles. The minimum Gasteiger partial charge on any atom is -0.399 e. The van der Waals surface area contributed by atoms with Crippen LogP contribution in [0.4, 0.5) is 14.9 Å². The first-order chi connectivity index (χ1) is 14.4. The number of hydrogen-bond donors (Lipinski definition) is 1. The fraction of sp³-hybridized carbons (Fsp3) is 0.150. The van der Waals surface area contributed by atoms with Crippen molar-refractivity contribution >= 4 is 40.6 Å². The number of rotatable bonds is 4. The van der Waals surface area contributed by atoms with Crippen molar-refractivity contribution in [1.29, 1.82) is 0 Å². The van der Waals surface area contributed by atoms with Gasteiger partial charge in [-0.3, -0.25) is 14.2 Å². The molecule has 1 unspecified atom stereocenters. The molecule has 154 valence electrons. The molecule has 10 heteroatoms. The summed E-state index contributed by atoms with van der Waals surface area (Å²) in [7, 11) is 0. The Kier molecular flexibility index (Phi) is 5.56. The van der Waals surface area contributed by atoms with Gasteiger partial charge in [0.1, 0.15) is 5.82 Å². The SMILES string of the molecule is O=C(NC1CC(=O)N(c2ccc(-n3ccccc3=O)cc2F)C1)Oc1ccc(Cl)s1. The Balaban J connectivity index is 1.45. The van der Waals surface area contributed by atoms with Crippen LogP contribution in [0.2, 0.25) is 4.34 Å². The number of benzene rings is 1. The third kappa shape index (κ3) is 4.22. The number of ether oxygens (including phenoxy) is 1. The van der Waals surface area contributed by atoms with Crippen molar-refractivity contribution in [1.82, 2.24) is 9.88 Å². The lowest BCUT2D eigenvalue weighted by Crippen LogP contribution is -2.38. The number of halogens is 2. The minimum absolute atomic E-state index is 0.0135. The number of anilines is 1. The fourth-order valence-corrected chi connectivity index (χ4v) is 4.06. The van der Waals surface area contributed by atoms with Crippen LogP contribution in [0.25, 0.3) is 5.69 Å². The average molecular weight is 448 g/mol. The van der Waals surface area contributed by atoms with Gasteiger partial charge in [0, 0.05) is 31.3 Å². The van der Waals surface area contributed by atoms with Crippen molar-refractivity contribution in [2.24, 2.45) is 0 Å². The van der Waals surface area contributed by atoms with Crippen LogP contribution in [-0.2, 0) is 4.79 Å². The molecule has 30 heavy (non-hydrogen) atoms. The second kappa shape index (κ2) is 8.29. The van der Waals surface area contributed by atoms with Crippen LogP contribution in [0.5, 0.6) is 5.06 Å². The summed E-state index contributed by atoms with van der Waals surface area (Å²) in [6.07, 6.45) is 0.830. The number of nitrogens with one attached hydrogen (secondary N) is 1. The molecule has 2 amide bonds. The Labute approximate surface area is 179 Å². The van der Waals surface area contributed by atoms with Gasteiger partial charge in [0.05, 0.1) is 21.8 Å². The van der Waals surface area contributed by atoms with E-state index in [4.69, 9.17) is 16.3 Å². The van der Waals surface area contributed by atoms with Gasteiger partial charge in [0.2, 0.25) is 5.91 Å². The van der Waals surface area contributed by atoms with Crippen LogP contribution in [-0.4, -0.2) is 29.2 Å². The van der Waals surface area contributed by atoms with Crippen LogP contribution >= 0.6 is 22.9 Å². The molecule has 3 aromatic rings. The molecule has 7 nitrogen and oxygen atoms in total. The molecular formula is C20H15ClFN3O4S. The highest BCUT2D eigenvalue weighted by Crippen LogP contribution is 2.29. The van der Waals surface area contributed by atoms with Crippen LogP contribution in [0.3, 0.4) is 0 Å². The molecule has 3 heterocycles. The molecule has 0 radical (unpaired) electrons. The summed E-state index contributed by atoms with van der Waals surface area (Å²) in [6.45, 7) is 0.0979. The van der Waals surface area contributed by atoms with E-state index < -0.39 is 18.0 Å². The third-order valence-corrected chi connectivity index (χ3v) is 5.62. The standard InChI is InChI=1S/C20H15ClFN3O4S/c21-16-6-7-19(30-16)29-20(28)23-12-9-18(27)25(11-12)15-5-4-13(10-14(15)22)24-8-2-1-3-17(24)26/h1-8,10,12H,9,11H2,(H,23,28). The summed E-state index contributed by atoms with van der Waals surface area (Å²) >= 11 is 6.90. The Bertz CT molecular complexity index is 1180.